The van der Waals surface area contributed by atoms with E-state index < -0.39 is 5.60 Å². The number of ether oxygens (including phenoxy) is 2. The highest BCUT2D eigenvalue weighted by Crippen LogP contribution is 2.57. The first-order chi connectivity index (χ1) is 8.28. The Bertz CT molecular complexity index is 332. The summed E-state index contributed by atoms with van der Waals surface area (Å²) < 4.78 is 11.1. The number of amides is 1. The van der Waals surface area contributed by atoms with Crippen LogP contribution in [0.2, 0.25) is 0 Å². The Balaban J connectivity index is 1.80. The van der Waals surface area contributed by atoms with E-state index in [1.165, 1.54) is 0 Å². The van der Waals surface area contributed by atoms with E-state index in [9.17, 15) is 4.79 Å². The van der Waals surface area contributed by atoms with Crippen LogP contribution in [-0.4, -0.2) is 35.8 Å². The molecule has 1 amide bonds. The average molecular weight is 320 g/mol. The molecule has 0 aromatic rings. The first-order valence-electron chi connectivity index (χ1n) is 6.45. The molecule has 104 valence electrons. The van der Waals surface area contributed by atoms with Crippen LogP contribution in [0.25, 0.3) is 0 Å². The highest BCUT2D eigenvalue weighted by molar-refractivity contribution is 9.09. The molecule has 1 aliphatic carbocycles. The second-order valence-electron chi connectivity index (χ2n) is 6.62. The number of hydrogen-bond donors (Lipinski definition) is 1. The fourth-order valence-electron chi connectivity index (χ4n) is 2.96. The number of fused-ring (bicyclic) bond motifs is 2. The van der Waals surface area contributed by atoms with Gasteiger partial charge in [-0.25, -0.2) is 4.79 Å². The minimum Gasteiger partial charge on any atom is -0.444 e. The van der Waals surface area contributed by atoms with Crippen LogP contribution in [0.4, 0.5) is 4.79 Å². The normalized spacial score (nSPS) is 34.7. The number of alkyl halides is 1. The van der Waals surface area contributed by atoms with Gasteiger partial charge in [-0.05, 0) is 45.4 Å². The lowest BCUT2D eigenvalue weighted by Gasteiger charge is -2.59. The average Bonchev–Trinajstić information content (AvgIpc) is 2.23. The van der Waals surface area contributed by atoms with Gasteiger partial charge in [-0.1, -0.05) is 15.9 Å². The zero-order valence-corrected chi connectivity index (χ0v) is 12.9. The Kier molecular flexibility index (Phi) is 3.67. The first kappa shape index (κ1) is 14.1. The number of carbonyl (C=O) groups is 1. The molecule has 2 saturated heterocycles. The van der Waals surface area contributed by atoms with Crippen molar-refractivity contribution in [1.82, 2.24) is 5.32 Å². The van der Waals surface area contributed by atoms with Gasteiger partial charge in [0.1, 0.15) is 5.60 Å². The molecule has 5 heteroatoms. The smallest absolute Gasteiger partial charge is 0.407 e. The predicted molar refractivity (Wildman–Crippen MR) is 73.0 cm³/mol. The van der Waals surface area contributed by atoms with Gasteiger partial charge in [0.15, 0.2) is 0 Å². The molecule has 3 rings (SSSR count). The van der Waals surface area contributed by atoms with Crippen molar-refractivity contribution in [3.63, 3.8) is 0 Å². The van der Waals surface area contributed by atoms with Crippen LogP contribution in [0.15, 0.2) is 0 Å². The molecule has 2 heterocycles. The maximum absolute atomic E-state index is 11.6. The Morgan fingerprint density at radius 3 is 2.67 bits per heavy atom. The largest absolute Gasteiger partial charge is 0.444 e. The Morgan fingerprint density at radius 1 is 1.44 bits per heavy atom. The lowest BCUT2D eigenvalue weighted by molar-refractivity contribution is -0.212. The molecule has 1 N–H and O–H groups in total. The molecule has 0 atom stereocenters. The van der Waals surface area contributed by atoms with Gasteiger partial charge in [-0.15, -0.1) is 0 Å². The number of carbonyl (C=O) groups excluding carboxylic acids is 1. The minimum absolute atomic E-state index is 0.150. The molecular formula is C13H22BrNO3. The van der Waals surface area contributed by atoms with E-state index >= 15 is 0 Å². The minimum atomic E-state index is -0.450. The van der Waals surface area contributed by atoms with Crippen LogP contribution in [-0.2, 0) is 9.47 Å². The van der Waals surface area contributed by atoms with Crippen molar-refractivity contribution in [3.05, 3.63) is 0 Å². The van der Waals surface area contributed by atoms with Crippen molar-refractivity contribution in [2.45, 2.75) is 51.2 Å². The van der Waals surface area contributed by atoms with E-state index in [-0.39, 0.29) is 11.7 Å². The van der Waals surface area contributed by atoms with Gasteiger partial charge in [0.2, 0.25) is 0 Å². The Labute approximate surface area is 117 Å². The van der Waals surface area contributed by atoms with Crippen molar-refractivity contribution < 1.29 is 14.3 Å². The Hall–Kier alpha value is -0.290. The van der Waals surface area contributed by atoms with Gasteiger partial charge in [0.25, 0.3) is 0 Å². The first-order valence-corrected chi connectivity index (χ1v) is 7.57. The van der Waals surface area contributed by atoms with Crippen LogP contribution in [0.5, 0.6) is 0 Å². The van der Waals surface area contributed by atoms with Crippen molar-refractivity contribution in [2.24, 2.45) is 5.41 Å². The second-order valence-corrected chi connectivity index (χ2v) is 7.18. The second kappa shape index (κ2) is 4.67. The molecule has 3 aliphatic rings. The summed E-state index contributed by atoms with van der Waals surface area (Å²) in [5.41, 5.74) is -0.203. The third kappa shape index (κ3) is 2.99. The third-order valence-electron chi connectivity index (χ3n) is 3.67. The van der Waals surface area contributed by atoms with Crippen LogP contribution < -0.4 is 5.32 Å². The van der Waals surface area contributed by atoms with E-state index in [1.807, 2.05) is 20.8 Å². The molecule has 2 bridgehead atoms. The van der Waals surface area contributed by atoms with E-state index in [4.69, 9.17) is 9.47 Å². The highest BCUT2D eigenvalue weighted by Gasteiger charge is 2.57. The van der Waals surface area contributed by atoms with Gasteiger partial charge in [0, 0.05) is 18.5 Å². The van der Waals surface area contributed by atoms with Crippen LogP contribution in [0, 0.1) is 5.41 Å². The van der Waals surface area contributed by atoms with Crippen LogP contribution >= 0.6 is 15.9 Å². The van der Waals surface area contributed by atoms with Crippen molar-refractivity contribution in [3.8, 4) is 0 Å². The van der Waals surface area contributed by atoms with E-state index in [2.05, 4.69) is 21.2 Å². The predicted octanol–water partition coefficient (Wildman–Crippen LogP) is 2.85. The summed E-state index contributed by atoms with van der Waals surface area (Å²) in [6.07, 6.45) is 2.82. The standard InChI is InChI=1S/C13H22BrNO3/c1-11(2,3)18-10(16)15-9-13-6-12(7-13,8-14)4-5-17-13/h4-9H2,1-3H3,(H,15,16). The maximum atomic E-state index is 11.6. The zero-order chi connectivity index (χ0) is 13.4. The molecule has 3 fully saturated rings. The maximum Gasteiger partial charge on any atom is 0.407 e. The fraction of sp³-hybridized carbons (Fsp3) is 0.923. The van der Waals surface area contributed by atoms with Crippen LogP contribution in [0.3, 0.4) is 0 Å². The van der Waals surface area contributed by atoms with Crippen molar-refractivity contribution in [2.75, 3.05) is 18.5 Å². The molecule has 2 aliphatic heterocycles. The zero-order valence-electron chi connectivity index (χ0n) is 11.3. The number of hydrogen-bond acceptors (Lipinski definition) is 3. The van der Waals surface area contributed by atoms with E-state index in [0.717, 1.165) is 31.2 Å². The number of alkyl carbamates (subject to hydrolysis) is 1. The molecule has 0 aromatic carbocycles. The summed E-state index contributed by atoms with van der Waals surface area (Å²) >= 11 is 3.58. The van der Waals surface area contributed by atoms with Gasteiger partial charge in [0.05, 0.1) is 5.60 Å². The molecule has 18 heavy (non-hydrogen) atoms. The SMILES string of the molecule is CC(C)(C)OC(=O)NCC12CC(CBr)(CCO1)C2. The van der Waals surface area contributed by atoms with Gasteiger partial charge in [-0.3, -0.25) is 0 Å². The van der Waals surface area contributed by atoms with E-state index in [1.54, 1.807) is 0 Å². The van der Waals surface area contributed by atoms with Crippen LogP contribution in [0.1, 0.15) is 40.0 Å². The summed E-state index contributed by atoms with van der Waals surface area (Å²) in [4.78, 5) is 11.6. The van der Waals surface area contributed by atoms with Gasteiger partial charge >= 0.3 is 6.09 Å². The fourth-order valence-corrected chi connectivity index (χ4v) is 3.64. The lowest BCUT2D eigenvalue weighted by Crippen LogP contribution is -2.63. The molecule has 0 spiro atoms. The highest BCUT2D eigenvalue weighted by atomic mass is 79.9. The summed E-state index contributed by atoms with van der Waals surface area (Å²) in [5, 5.41) is 3.85. The Morgan fingerprint density at radius 2 is 2.11 bits per heavy atom. The summed E-state index contributed by atoms with van der Waals surface area (Å²) in [5.74, 6) is 0. The topological polar surface area (TPSA) is 47.6 Å². The lowest BCUT2D eigenvalue weighted by atomic mass is 9.57. The molecule has 1 saturated carbocycles. The molecule has 0 aromatic heterocycles. The van der Waals surface area contributed by atoms with Crippen molar-refractivity contribution >= 4 is 22.0 Å². The molecule has 4 nitrogen and oxygen atoms in total. The molecular weight excluding hydrogens is 298 g/mol. The van der Waals surface area contributed by atoms with Gasteiger partial charge in [-0.2, -0.15) is 0 Å². The monoisotopic (exact) mass is 319 g/mol. The molecule has 0 radical (unpaired) electrons. The van der Waals surface area contributed by atoms with Crippen molar-refractivity contribution in [1.29, 1.82) is 0 Å². The van der Waals surface area contributed by atoms with E-state index in [0.29, 0.717) is 12.0 Å². The summed E-state index contributed by atoms with van der Waals surface area (Å²) in [6, 6.07) is 0. The number of halogens is 1. The quantitative estimate of drug-likeness (QED) is 0.814. The molecule has 0 unspecified atom stereocenters. The number of rotatable bonds is 3. The number of nitrogens with one attached hydrogen (secondary N) is 1. The third-order valence-corrected chi connectivity index (χ3v) is 4.86. The summed E-state index contributed by atoms with van der Waals surface area (Å²) in [7, 11) is 0. The summed E-state index contributed by atoms with van der Waals surface area (Å²) in [6.45, 7) is 6.93. The van der Waals surface area contributed by atoms with Gasteiger partial charge < -0.3 is 14.8 Å².